The molecule has 1 heterocycles. The molecule has 4 heteroatoms. The summed E-state index contributed by atoms with van der Waals surface area (Å²) >= 11 is 0. The molecule has 1 fully saturated rings. The maximum absolute atomic E-state index is 11.8. The van der Waals surface area contributed by atoms with Crippen LogP contribution in [0.15, 0.2) is 0 Å². The second kappa shape index (κ2) is 7.25. The van der Waals surface area contributed by atoms with E-state index in [9.17, 15) is 4.79 Å². The third-order valence-corrected chi connectivity index (χ3v) is 3.06. The minimum absolute atomic E-state index is 0.0428. The summed E-state index contributed by atoms with van der Waals surface area (Å²) in [6.45, 7) is 15.1. The predicted octanol–water partition coefficient (Wildman–Crippen LogP) is 1.90. The zero-order valence-corrected chi connectivity index (χ0v) is 13.2. The van der Waals surface area contributed by atoms with E-state index < -0.39 is 0 Å². The zero-order valence-electron chi connectivity index (χ0n) is 13.2. The highest BCUT2D eigenvalue weighted by Crippen LogP contribution is 2.17. The fourth-order valence-corrected chi connectivity index (χ4v) is 2.36. The number of nitrogens with zero attached hydrogens (tertiary/aromatic N) is 1. The first-order valence-electron chi connectivity index (χ1n) is 7.37. The molecule has 112 valence electrons. The maximum Gasteiger partial charge on any atom is 0.220 e. The van der Waals surface area contributed by atoms with Crippen molar-refractivity contribution in [3.8, 4) is 0 Å². The van der Waals surface area contributed by atoms with Crippen molar-refractivity contribution >= 4 is 5.91 Å². The minimum atomic E-state index is 0.0428. The largest absolute Gasteiger partial charge is 0.374 e. The second-order valence-electron chi connectivity index (χ2n) is 7.19. The molecule has 1 rings (SSSR count). The molecule has 1 saturated heterocycles. The lowest BCUT2D eigenvalue weighted by molar-refractivity contribution is -0.124. The van der Waals surface area contributed by atoms with E-state index in [2.05, 4.69) is 44.8 Å². The minimum Gasteiger partial charge on any atom is -0.374 e. The van der Waals surface area contributed by atoms with Gasteiger partial charge >= 0.3 is 0 Å². The van der Waals surface area contributed by atoms with Crippen molar-refractivity contribution in [2.75, 3.05) is 32.8 Å². The van der Waals surface area contributed by atoms with Gasteiger partial charge < -0.3 is 10.1 Å². The third-order valence-electron chi connectivity index (χ3n) is 3.06. The molecule has 0 aromatic rings. The topological polar surface area (TPSA) is 41.6 Å². The van der Waals surface area contributed by atoms with Crippen LogP contribution in [0.1, 0.15) is 41.0 Å². The molecule has 0 spiro atoms. The van der Waals surface area contributed by atoms with Crippen molar-refractivity contribution in [3.05, 3.63) is 0 Å². The normalized spacial score (nSPS) is 21.7. The van der Waals surface area contributed by atoms with Crippen LogP contribution >= 0.6 is 0 Å². The van der Waals surface area contributed by atoms with Crippen molar-refractivity contribution in [1.82, 2.24) is 10.2 Å². The van der Waals surface area contributed by atoms with Gasteiger partial charge in [-0.05, 0) is 11.3 Å². The number of morpholine rings is 1. The second-order valence-corrected chi connectivity index (χ2v) is 7.19. The van der Waals surface area contributed by atoms with Gasteiger partial charge in [-0.2, -0.15) is 0 Å². The first-order valence-corrected chi connectivity index (χ1v) is 7.37. The highest BCUT2D eigenvalue weighted by molar-refractivity contribution is 5.76. The lowest BCUT2D eigenvalue weighted by Gasteiger charge is -2.34. The number of carbonyl (C=O) groups is 1. The van der Waals surface area contributed by atoms with Crippen LogP contribution in [0, 0.1) is 11.3 Å². The van der Waals surface area contributed by atoms with Crippen molar-refractivity contribution in [3.63, 3.8) is 0 Å². The smallest absolute Gasteiger partial charge is 0.220 e. The van der Waals surface area contributed by atoms with E-state index in [1.165, 1.54) is 0 Å². The molecule has 0 bridgehead atoms. The molecule has 1 atom stereocenters. The Balaban J connectivity index is 2.27. The van der Waals surface area contributed by atoms with Crippen LogP contribution in [-0.2, 0) is 9.53 Å². The van der Waals surface area contributed by atoms with Gasteiger partial charge in [-0.3, -0.25) is 9.69 Å². The molecule has 1 aliphatic heterocycles. The molecule has 1 aliphatic rings. The highest BCUT2D eigenvalue weighted by atomic mass is 16.5. The maximum atomic E-state index is 11.8. The van der Waals surface area contributed by atoms with Crippen LogP contribution in [0.5, 0.6) is 0 Å². The molecule has 1 N–H and O–H groups in total. The zero-order chi connectivity index (χ0) is 14.5. The molecule has 1 unspecified atom stereocenters. The molecule has 0 aromatic carbocycles. The van der Waals surface area contributed by atoms with E-state index in [4.69, 9.17) is 4.74 Å². The van der Waals surface area contributed by atoms with Gasteiger partial charge in [-0.25, -0.2) is 0 Å². The Hall–Kier alpha value is -0.610. The van der Waals surface area contributed by atoms with Crippen molar-refractivity contribution < 1.29 is 9.53 Å². The fraction of sp³-hybridized carbons (Fsp3) is 0.933. The van der Waals surface area contributed by atoms with E-state index in [0.29, 0.717) is 18.9 Å². The fourth-order valence-electron chi connectivity index (χ4n) is 2.36. The number of rotatable bonds is 5. The van der Waals surface area contributed by atoms with Gasteiger partial charge in [0.1, 0.15) is 0 Å². The molecular weight excluding hydrogens is 240 g/mol. The summed E-state index contributed by atoms with van der Waals surface area (Å²) in [6.07, 6.45) is 0.700. The van der Waals surface area contributed by atoms with Crippen LogP contribution in [-0.4, -0.2) is 49.7 Å². The Morgan fingerprint density at radius 1 is 1.42 bits per heavy atom. The number of hydrogen-bond donors (Lipinski definition) is 1. The van der Waals surface area contributed by atoms with Gasteiger partial charge in [0, 0.05) is 32.6 Å². The molecular formula is C15H30N2O2. The first kappa shape index (κ1) is 16.4. The monoisotopic (exact) mass is 270 g/mol. The quantitative estimate of drug-likeness (QED) is 0.829. The van der Waals surface area contributed by atoms with E-state index >= 15 is 0 Å². The lowest BCUT2D eigenvalue weighted by atomic mass is 9.92. The molecule has 4 nitrogen and oxygen atoms in total. The summed E-state index contributed by atoms with van der Waals surface area (Å²) in [4.78, 5) is 14.2. The number of nitrogens with one attached hydrogen (secondary N) is 1. The van der Waals surface area contributed by atoms with Crippen LogP contribution in [0.4, 0.5) is 0 Å². The third kappa shape index (κ3) is 7.53. The van der Waals surface area contributed by atoms with Crippen LogP contribution in [0.3, 0.4) is 0 Å². The van der Waals surface area contributed by atoms with Crippen LogP contribution in [0.2, 0.25) is 0 Å². The van der Waals surface area contributed by atoms with Gasteiger partial charge in [-0.1, -0.05) is 34.6 Å². The highest BCUT2D eigenvalue weighted by Gasteiger charge is 2.22. The number of carbonyl (C=O) groups excluding carboxylic acids is 1. The molecule has 0 aromatic heterocycles. The van der Waals surface area contributed by atoms with Gasteiger partial charge in [-0.15, -0.1) is 0 Å². The van der Waals surface area contributed by atoms with Gasteiger partial charge in [0.2, 0.25) is 5.91 Å². The SMILES string of the molecule is CC(C)CN1CCOC(CNC(=O)CC(C)(C)C)C1. The summed E-state index contributed by atoms with van der Waals surface area (Å²) in [5, 5.41) is 2.99. The number of hydrogen-bond acceptors (Lipinski definition) is 3. The van der Waals surface area contributed by atoms with E-state index in [0.717, 1.165) is 26.2 Å². The summed E-state index contributed by atoms with van der Waals surface area (Å²) < 4.78 is 5.71. The molecule has 19 heavy (non-hydrogen) atoms. The number of ether oxygens (including phenoxy) is 1. The van der Waals surface area contributed by atoms with E-state index in [1.54, 1.807) is 0 Å². The summed E-state index contributed by atoms with van der Waals surface area (Å²) in [7, 11) is 0. The summed E-state index contributed by atoms with van der Waals surface area (Å²) in [6, 6.07) is 0. The van der Waals surface area contributed by atoms with Crippen molar-refractivity contribution in [1.29, 1.82) is 0 Å². The molecule has 0 radical (unpaired) electrons. The van der Waals surface area contributed by atoms with E-state index in [1.807, 2.05) is 0 Å². The van der Waals surface area contributed by atoms with Gasteiger partial charge in [0.05, 0.1) is 12.7 Å². The van der Waals surface area contributed by atoms with Crippen LogP contribution in [0.25, 0.3) is 0 Å². The standard InChI is InChI=1S/C15H30N2O2/c1-12(2)10-17-6-7-19-13(11-17)9-16-14(18)8-15(3,4)5/h12-13H,6-11H2,1-5H3,(H,16,18). The van der Waals surface area contributed by atoms with Crippen LogP contribution < -0.4 is 5.32 Å². The Morgan fingerprint density at radius 2 is 2.11 bits per heavy atom. The van der Waals surface area contributed by atoms with Crippen molar-refractivity contribution in [2.24, 2.45) is 11.3 Å². The van der Waals surface area contributed by atoms with Crippen molar-refractivity contribution in [2.45, 2.75) is 47.1 Å². The Labute approximate surface area is 117 Å². The predicted molar refractivity (Wildman–Crippen MR) is 78.1 cm³/mol. The summed E-state index contributed by atoms with van der Waals surface area (Å²) in [5.41, 5.74) is 0.0428. The molecule has 1 amide bonds. The average Bonchev–Trinajstić information content (AvgIpc) is 2.23. The van der Waals surface area contributed by atoms with E-state index in [-0.39, 0.29) is 17.4 Å². The Kier molecular flexibility index (Phi) is 6.27. The lowest BCUT2D eigenvalue weighted by Crippen LogP contribution is -2.48. The summed E-state index contributed by atoms with van der Waals surface area (Å²) in [5.74, 6) is 0.798. The molecule has 0 aliphatic carbocycles. The first-order chi connectivity index (χ1) is 8.76. The molecule has 0 saturated carbocycles. The van der Waals surface area contributed by atoms with Gasteiger partial charge in [0.25, 0.3) is 0 Å². The van der Waals surface area contributed by atoms with Gasteiger partial charge in [0.15, 0.2) is 0 Å². The number of amides is 1. The Morgan fingerprint density at radius 3 is 2.68 bits per heavy atom. The average molecular weight is 270 g/mol. The Bertz CT molecular complexity index is 284.